The molecule has 0 atom stereocenters. The first-order valence-electron chi connectivity index (χ1n) is 5.57. The zero-order valence-corrected chi connectivity index (χ0v) is 9.58. The van der Waals surface area contributed by atoms with Crippen LogP contribution in [0.25, 0.3) is 0 Å². The summed E-state index contributed by atoms with van der Waals surface area (Å²) in [5.41, 5.74) is 0. The molecule has 15 heavy (non-hydrogen) atoms. The maximum absolute atomic E-state index is 11.2. The molecule has 1 saturated heterocycles. The smallest absolute Gasteiger partial charge is 0.310 e. The minimum atomic E-state index is -0.706. The number of methoxy groups -OCH3 is 1. The molecule has 0 amide bonds. The van der Waals surface area contributed by atoms with Gasteiger partial charge in [-0.2, -0.15) is 0 Å². The van der Waals surface area contributed by atoms with Crippen LogP contribution >= 0.6 is 0 Å². The molecule has 0 radical (unpaired) electrons. The molecule has 0 bridgehead atoms. The Morgan fingerprint density at radius 2 is 2.00 bits per heavy atom. The monoisotopic (exact) mass is 216 g/mol. The fourth-order valence-electron chi connectivity index (χ4n) is 1.77. The maximum atomic E-state index is 11.2. The van der Waals surface area contributed by atoms with Gasteiger partial charge in [0.25, 0.3) is 0 Å². The Morgan fingerprint density at radius 1 is 1.33 bits per heavy atom. The molecule has 0 saturated carbocycles. The van der Waals surface area contributed by atoms with Crippen molar-refractivity contribution in [3.63, 3.8) is 0 Å². The van der Waals surface area contributed by atoms with Crippen molar-refractivity contribution in [3.05, 3.63) is 0 Å². The predicted molar refractivity (Wildman–Crippen MR) is 55.4 cm³/mol. The first kappa shape index (κ1) is 12.5. The second kappa shape index (κ2) is 6.08. The van der Waals surface area contributed by atoms with Gasteiger partial charge in [-0.1, -0.05) is 19.8 Å². The van der Waals surface area contributed by atoms with E-state index in [0.29, 0.717) is 13.2 Å². The molecule has 1 aliphatic rings. The Kier molecular flexibility index (Phi) is 5.05. The van der Waals surface area contributed by atoms with Gasteiger partial charge in [0.2, 0.25) is 0 Å². The molecule has 1 rings (SSSR count). The van der Waals surface area contributed by atoms with Gasteiger partial charge in [0.15, 0.2) is 5.79 Å². The van der Waals surface area contributed by atoms with Crippen molar-refractivity contribution in [3.8, 4) is 0 Å². The second-order valence-corrected chi connectivity index (χ2v) is 3.82. The van der Waals surface area contributed by atoms with E-state index in [1.165, 1.54) is 7.11 Å². The molecule has 1 heterocycles. The van der Waals surface area contributed by atoms with Gasteiger partial charge in [0, 0.05) is 6.42 Å². The van der Waals surface area contributed by atoms with Crippen molar-refractivity contribution in [2.75, 3.05) is 20.3 Å². The van der Waals surface area contributed by atoms with Crippen molar-refractivity contribution >= 4 is 5.97 Å². The third kappa shape index (κ3) is 3.80. The van der Waals surface area contributed by atoms with E-state index in [9.17, 15) is 4.79 Å². The summed E-state index contributed by atoms with van der Waals surface area (Å²) >= 11 is 0. The van der Waals surface area contributed by atoms with Crippen molar-refractivity contribution < 1.29 is 19.0 Å². The molecule has 1 fully saturated rings. The highest BCUT2D eigenvalue weighted by molar-refractivity contribution is 5.70. The number of ether oxygens (including phenoxy) is 3. The molecule has 0 unspecified atom stereocenters. The number of unbranched alkanes of at least 4 members (excludes halogenated alkanes) is 2. The standard InChI is InChI=1S/C11H20O4/c1-3-4-5-6-11(9-10(12)13-2)14-7-8-15-11/h3-9H2,1-2H3. The van der Waals surface area contributed by atoms with Gasteiger partial charge in [-0.15, -0.1) is 0 Å². The lowest BCUT2D eigenvalue weighted by Gasteiger charge is -2.26. The minimum Gasteiger partial charge on any atom is -0.469 e. The molecule has 0 N–H and O–H groups in total. The first-order valence-corrected chi connectivity index (χ1v) is 5.57. The van der Waals surface area contributed by atoms with Crippen LogP contribution in [0.1, 0.15) is 39.0 Å². The number of carbonyl (C=O) groups excluding carboxylic acids is 1. The molecule has 4 heteroatoms. The average Bonchev–Trinajstić information content (AvgIpc) is 2.67. The van der Waals surface area contributed by atoms with Crippen LogP contribution in [0.4, 0.5) is 0 Å². The largest absolute Gasteiger partial charge is 0.469 e. The van der Waals surface area contributed by atoms with Crippen LogP contribution in [0.15, 0.2) is 0 Å². The van der Waals surface area contributed by atoms with E-state index >= 15 is 0 Å². The molecule has 88 valence electrons. The van der Waals surface area contributed by atoms with Crippen LogP contribution in [-0.2, 0) is 19.0 Å². The zero-order chi connectivity index (χ0) is 11.1. The predicted octanol–water partition coefficient (Wildman–Crippen LogP) is 1.87. The second-order valence-electron chi connectivity index (χ2n) is 3.82. The fraction of sp³-hybridized carbons (Fsp3) is 0.909. The lowest BCUT2D eigenvalue weighted by atomic mass is 10.0. The van der Waals surface area contributed by atoms with Crippen LogP contribution in [-0.4, -0.2) is 32.1 Å². The number of esters is 1. The summed E-state index contributed by atoms with van der Waals surface area (Å²) < 4.78 is 15.7. The van der Waals surface area contributed by atoms with Crippen LogP contribution in [0, 0.1) is 0 Å². The van der Waals surface area contributed by atoms with Gasteiger partial charge in [-0.3, -0.25) is 4.79 Å². The maximum Gasteiger partial charge on any atom is 0.310 e. The molecule has 0 aromatic heterocycles. The van der Waals surface area contributed by atoms with Crippen LogP contribution < -0.4 is 0 Å². The Hall–Kier alpha value is -0.610. The Labute approximate surface area is 90.9 Å². The SMILES string of the molecule is CCCCCC1(CC(=O)OC)OCCO1. The quantitative estimate of drug-likeness (QED) is 0.502. The minimum absolute atomic E-state index is 0.202. The molecule has 0 aromatic carbocycles. The lowest BCUT2D eigenvalue weighted by Crippen LogP contribution is -2.33. The third-order valence-electron chi connectivity index (χ3n) is 2.62. The van der Waals surface area contributed by atoms with E-state index in [-0.39, 0.29) is 12.4 Å². The van der Waals surface area contributed by atoms with Crippen molar-refractivity contribution in [2.24, 2.45) is 0 Å². The summed E-state index contributed by atoms with van der Waals surface area (Å²) in [4.78, 5) is 11.2. The van der Waals surface area contributed by atoms with Gasteiger partial charge in [-0.05, 0) is 6.42 Å². The highest BCUT2D eigenvalue weighted by Gasteiger charge is 2.38. The summed E-state index contributed by atoms with van der Waals surface area (Å²) in [5.74, 6) is -0.976. The van der Waals surface area contributed by atoms with E-state index < -0.39 is 5.79 Å². The van der Waals surface area contributed by atoms with Crippen LogP contribution in [0.2, 0.25) is 0 Å². The van der Waals surface area contributed by atoms with Crippen LogP contribution in [0.3, 0.4) is 0 Å². The third-order valence-corrected chi connectivity index (χ3v) is 2.62. The average molecular weight is 216 g/mol. The number of hydrogen-bond donors (Lipinski definition) is 0. The van der Waals surface area contributed by atoms with Gasteiger partial charge in [0.1, 0.15) is 0 Å². The van der Waals surface area contributed by atoms with E-state index in [0.717, 1.165) is 25.7 Å². The van der Waals surface area contributed by atoms with Crippen molar-refractivity contribution in [2.45, 2.75) is 44.8 Å². The zero-order valence-electron chi connectivity index (χ0n) is 9.58. The molecule has 0 aromatic rings. The number of hydrogen-bond acceptors (Lipinski definition) is 4. The van der Waals surface area contributed by atoms with Gasteiger partial charge >= 0.3 is 5.97 Å². The van der Waals surface area contributed by atoms with Gasteiger partial charge in [-0.25, -0.2) is 0 Å². The summed E-state index contributed by atoms with van der Waals surface area (Å²) in [6, 6.07) is 0. The molecule has 4 nitrogen and oxygen atoms in total. The van der Waals surface area contributed by atoms with Crippen molar-refractivity contribution in [1.29, 1.82) is 0 Å². The van der Waals surface area contributed by atoms with Crippen LogP contribution in [0.5, 0.6) is 0 Å². The van der Waals surface area contributed by atoms with E-state index in [1.807, 2.05) is 0 Å². The number of carbonyl (C=O) groups is 1. The summed E-state index contributed by atoms with van der Waals surface area (Å²) in [5, 5.41) is 0. The Balaban J connectivity index is 2.42. The molecular formula is C11H20O4. The van der Waals surface area contributed by atoms with Gasteiger partial charge in [0.05, 0.1) is 26.7 Å². The van der Waals surface area contributed by atoms with E-state index in [1.54, 1.807) is 0 Å². The van der Waals surface area contributed by atoms with Crippen molar-refractivity contribution in [1.82, 2.24) is 0 Å². The summed E-state index contributed by atoms with van der Waals surface area (Å²) in [6.45, 7) is 3.29. The molecular weight excluding hydrogens is 196 g/mol. The Morgan fingerprint density at radius 3 is 2.53 bits per heavy atom. The highest BCUT2D eigenvalue weighted by atomic mass is 16.7. The first-order chi connectivity index (χ1) is 7.22. The summed E-state index contributed by atoms with van der Waals surface area (Å²) in [7, 11) is 1.39. The topological polar surface area (TPSA) is 44.8 Å². The van der Waals surface area contributed by atoms with Gasteiger partial charge < -0.3 is 14.2 Å². The summed E-state index contributed by atoms with van der Waals surface area (Å²) in [6.07, 6.45) is 4.28. The Bertz CT molecular complexity index is 197. The fourth-order valence-corrected chi connectivity index (χ4v) is 1.77. The lowest BCUT2D eigenvalue weighted by molar-refractivity contribution is -0.184. The van der Waals surface area contributed by atoms with E-state index in [4.69, 9.17) is 9.47 Å². The molecule has 0 aliphatic carbocycles. The number of rotatable bonds is 6. The molecule has 0 spiro atoms. The normalized spacial score (nSPS) is 19.1. The van der Waals surface area contributed by atoms with E-state index in [2.05, 4.69) is 11.7 Å². The molecule has 1 aliphatic heterocycles. The highest BCUT2D eigenvalue weighted by Crippen LogP contribution is 2.29.